The lowest BCUT2D eigenvalue weighted by molar-refractivity contribution is -0.132. The first-order valence-electron chi connectivity index (χ1n) is 9.59. The molecule has 0 heterocycles. The Balaban J connectivity index is 1.84. The number of hydrogen-bond donors (Lipinski definition) is 0. The highest BCUT2D eigenvalue weighted by molar-refractivity contribution is 6.31. The highest BCUT2D eigenvalue weighted by Gasteiger charge is 2.43. The van der Waals surface area contributed by atoms with Gasteiger partial charge in [-0.1, -0.05) is 78.9 Å². The quantitative estimate of drug-likeness (QED) is 0.426. The van der Waals surface area contributed by atoms with Gasteiger partial charge in [0.05, 0.1) is 0 Å². The Morgan fingerprint density at radius 3 is 1.76 bits per heavy atom. The molecular formula is C26H21NO2. The fourth-order valence-corrected chi connectivity index (χ4v) is 3.80. The molecule has 3 nitrogen and oxygen atoms in total. The van der Waals surface area contributed by atoms with Gasteiger partial charge >= 0.3 is 0 Å². The Kier molecular flexibility index (Phi) is 5.21. The summed E-state index contributed by atoms with van der Waals surface area (Å²) >= 11 is 0. The summed E-state index contributed by atoms with van der Waals surface area (Å²) < 4.78 is 0. The van der Waals surface area contributed by atoms with Crippen molar-refractivity contribution in [3.05, 3.63) is 115 Å². The van der Waals surface area contributed by atoms with Crippen LogP contribution >= 0.6 is 0 Å². The van der Waals surface area contributed by atoms with Crippen LogP contribution in [-0.2, 0) is 9.59 Å². The van der Waals surface area contributed by atoms with Crippen molar-refractivity contribution in [1.29, 1.82) is 0 Å². The third kappa shape index (κ3) is 3.55. The second kappa shape index (κ2) is 8.11. The number of para-hydroxylation sites is 2. The zero-order valence-corrected chi connectivity index (χ0v) is 15.9. The lowest BCUT2D eigenvalue weighted by Crippen LogP contribution is -2.52. The van der Waals surface area contributed by atoms with Crippen molar-refractivity contribution in [3.63, 3.8) is 0 Å². The summed E-state index contributed by atoms with van der Waals surface area (Å²) in [5.74, 6) is -0.468. The maximum absolute atomic E-state index is 13.0. The molecule has 0 N–H and O–H groups in total. The van der Waals surface area contributed by atoms with Crippen LogP contribution in [0.1, 0.15) is 12.0 Å². The summed E-state index contributed by atoms with van der Waals surface area (Å²) in [6.45, 7) is 0. The number of carbonyl (C=O) groups is 2. The standard InChI is InChI=1S/C26H21NO2/c28-20-25(29)26(18-16-22(17-19-26)21-10-4-1-5-11-21)27(23-12-6-2-7-13-23)24-14-8-3-9-15-24/h1-18,20H,19H2. The zero-order valence-electron chi connectivity index (χ0n) is 15.9. The molecule has 3 heteroatoms. The Morgan fingerprint density at radius 2 is 1.31 bits per heavy atom. The van der Waals surface area contributed by atoms with Gasteiger partial charge in [0.15, 0.2) is 6.29 Å². The van der Waals surface area contributed by atoms with Crippen molar-refractivity contribution in [1.82, 2.24) is 0 Å². The molecule has 142 valence electrons. The predicted molar refractivity (Wildman–Crippen MR) is 117 cm³/mol. The van der Waals surface area contributed by atoms with Gasteiger partial charge in [-0.15, -0.1) is 0 Å². The van der Waals surface area contributed by atoms with Crippen molar-refractivity contribution in [2.24, 2.45) is 0 Å². The molecule has 0 aromatic heterocycles. The van der Waals surface area contributed by atoms with Gasteiger partial charge in [0.1, 0.15) is 5.54 Å². The molecule has 0 aliphatic heterocycles. The van der Waals surface area contributed by atoms with Crippen molar-refractivity contribution in [3.8, 4) is 0 Å². The monoisotopic (exact) mass is 379 g/mol. The largest absolute Gasteiger partial charge is 0.324 e. The van der Waals surface area contributed by atoms with Gasteiger partial charge in [-0.25, -0.2) is 0 Å². The summed E-state index contributed by atoms with van der Waals surface area (Å²) in [4.78, 5) is 26.7. The zero-order chi connectivity index (χ0) is 20.1. The van der Waals surface area contributed by atoms with E-state index in [1.807, 2.05) is 114 Å². The molecule has 0 fully saturated rings. The highest BCUT2D eigenvalue weighted by Crippen LogP contribution is 2.40. The minimum atomic E-state index is -1.11. The Hall–Kier alpha value is -3.72. The molecule has 3 aromatic carbocycles. The molecule has 0 saturated heterocycles. The van der Waals surface area contributed by atoms with Gasteiger partial charge < -0.3 is 4.90 Å². The first-order valence-corrected chi connectivity index (χ1v) is 9.59. The fraction of sp³-hybridized carbons (Fsp3) is 0.0769. The smallest absolute Gasteiger partial charge is 0.225 e. The van der Waals surface area contributed by atoms with Gasteiger partial charge in [-0.2, -0.15) is 0 Å². The number of benzene rings is 3. The van der Waals surface area contributed by atoms with E-state index in [-0.39, 0.29) is 0 Å². The predicted octanol–water partition coefficient (Wildman–Crippen LogP) is 5.38. The van der Waals surface area contributed by atoms with Gasteiger partial charge in [0.2, 0.25) is 5.78 Å². The minimum Gasteiger partial charge on any atom is -0.324 e. The van der Waals surface area contributed by atoms with E-state index in [0.29, 0.717) is 12.7 Å². The lowest BCUT2D eigenvalue weighted by atomic mass is 9.81. The fourth-order valence-electron chi connectivity index (χ4n) is 3.80. The molecule has 4 rings (SSSR count). The number of carbonyl (C=O) groups excluding carboxylic acids is 2. The topological polar surface area (TPSA) is 37.4 Å². The maximum Gasteiger partial charge on any atom is 0.225 e. The Morgan fingerprint density at radius 1 is 0.793 bits per heavy atom. The first-order chi connectivity index (χ1) is 14.2. The number of rotatable bonds is 6. The van der Waals surface area contributed by atoms with E-state index in [4.69, 9.17) is 0 Å². The van der Waals surface area contributed by atoms with Gasteiger partial charge in [-0.3, -0.25) is 9.59 Å². The summed E-state index contributed by atoms with van der Waals surface area (Å²) in [6.07, 6.45) is 6.68. The van der Waals surface area contributed by atoms with Crippen LogP contribution in [0.15, 0.2) is 109 Å². The van der Waals surface area contributed by atoms with Crippen LogP contribution in [0, 0.1) is 0 Å². The molecule has 1 aliphatic carbocycles. The number of ketones is 1. The van der Waals surface area contributed by atoms with Crippen LogP contribution < -0.4 is 4.90 Å². The molecule has 3 aromatic rings. The van der Waals surface area contributed by atoms with Crippen LogP contribution in [-0.4, -0.2) is 17.6 Å². The molecule has 0 saturated carbocycles. The number of anilines is 2. The molecule has 0 amide bonds. The number of hydrogen-bond acceptors (Lipinski definition) is 3. The second-order valence-corrected chi connectivity index (χ2v) is 6.98. The Labute approximate surface area is 170 Å². The van der Waals surface area contributed by atoms with Crippen LogP contribution in [0.2, 0.25) is 0 Å². The summed E-state index contributed by atoms with van der Waals surface area (Å²) in [5.41, 5.74) is 2.73. The third-order valence-corrected chi connectivity index (χ3v) is 5.24. The van der Waals surface area contributed by atoms with E-state index >= 15 is 0 Å². The average Bonchev–Trinajstić information content (AvgIpc) is 2.81. The highest BCUT2D eigenvalue weighted by atomic mass is 16.2. The van der Waals surface area contributed by atoms with Crippen LogP contribution in [0.3, 0.4) is 0 Å². The van der Waals surface area contributed by atoms with Gasteiger partial charge in [0, 0.05) is 17.8 Å². The summed E-state index contributed by atoms with van der Waals surface area (Å²) in [7, 11) is 0. The number of aldehydes is 1. The summed E-state index contributed by atoms with van der Waals surface area (Å²) in [6, 6.07) is 29.5. The molecule has 0 radical (unpaired) electrons. The van der Waals surface area contributed by atoms with E-state index in [2.05, 4.69) is 0 Å². The minimum absolute atomic E-state index is 0.398. The number of Topliss-reactive ketones (excluding diaryl/α,β-unsaturated/α-hetero) is 1. The van der Waals surface area contributed by atoms with Crippen molar-refractivity contribution >= 4 is 29.0 Å². The van der Waals surface area contributed by atoms with Crippen molar-refractivity contribution in [2.75, 3.05) is 4.90 Å². The van der Waals surface area contributed by atoms with Crippen molar-refractivity contribution in [2.45, 2.75) is 12.0 Å². The van der Waals surface area contributed by atoms with Crippen LogP contribution in [0.5, 0.6) is 0 Å². The molecule has 1 aliphatic rings. The summed E-state index contributed by atoms with van der Waals surface area (Å²) in [5, 5.41) is 0. The lowest BCUT2D eigenvalue weighted by Gasteiger charge is -2.42. The number of allylic oxidation sites excluding steroid dienone is 2. The number of nitrogens with zero attached hydrogens (tertiary/aromatic N) is 1. The maximum atomic E-state index is 13.0. The molecule has 0 spiro atoms. The normalized spacial score (nSPS) is 18.0. The average molecular weight is 379 g/mol. The van der Waals surface area contributed by atoms with Gasteiger partial charge in [0.25, 0.3) is 0 Å². The molecule has 0 bridgehead atoms. The third-order valence-electron chi connectivity index (χ3n) is 5.24. The molecule has 1 unspecified atom stereocenters. The van der Waals surface area contributed by atoms with E-state index in [1.54, 1.807) is 0 Å². The second-order valence-electron chi connectivity index (χ2n) is 6.98. The molecule has 29 heavy (non-hydrogen) atoms. The molecular weight excluding hydrogens is 358 g/mol. The van der Waals surface area contributed by atoms with Crippen LogP contribution in [0.4, 0.5) is 11.4 Å². The van der Waals surface area contributed by atoms with E-state index in [9.17, 15) is 9.59 Å². The van der Waals surface area contributed by atoms with Gasteiger partial charge in [-0.05, 0) is 41.5 Å². The Bertz CT molecular complexity index is 1020. The van der Waals surface area contributed by atoms with E-state index in [0.717, 1.165) is 22.5 Å². The first kappa shape index (κ1) is 18.6. The molecule has 1 atom stereocenters. The van der Waals surface area contributed by atoms with Crippen molar-refractivity contribution < 1.29 is 9.59 Å². The van der Waals surface area contributed by atoms with E-state index in [1.165, 1.54) is 0 Å². The SMILES string of the molecule is O=CC(=O)C1(N(c2ccccc2)c2ccccc2)C=CC(c2ccccc2)=CC1. The van der Waals surface area contributed by atoms with E-state index < -0.39 is 11.3 Å². The van der Waals surface area contributed by atoms with Crippen LogP contribution in [0.25, 0.3) is 5.57 Å².